The first kappa shape index (κ1) is 30.9. The van der Waals surface area contributed by atoms with Gasteiger partial charge in [0.1, 0.15) is 11.5 Å². The summed E-state index contributed by atoms with van der Waals surface area (Å²) in [6.45, 7) is 6.72. The van der Waals surface area contributed by atoms with E-state index in [2.05, 4.69) is 20.8 Å². The number of phenols is 2. The van der Waals surface area contributed by atoms with E-state index < -0.39 is 0 Å². The van der Waals surface area contributed by atoms with Crippen LogP contribution in [0.2, 0.25) is 0 Å². The Morgan fingerprint density at radius 2 is 0.941 bits per heavy atom. The Morgan fingerprint density at radius 3 is 1.41 bits per heavy atom. The van der Waals surface area contributed by atoms with Crippen LogP contribution >= 0.6 is 0 Å². The van der Waals surface area contributed by atoms with Gasteiger partial charge in [0.05, 0.1) is 0 Å². The van der Waals surface area contributed by atoms with Crippen molar-refractivity contribution in [2.45, 2.75) is 168 Å². The van der Waals surface area contributed by atoms with Gasteiger partial charge in [0.15, 0.2) is 0 Å². The average Bonchev–Trinajstić information content (AvgIpc) is 2.83. The lowest BCUT2D eigenvalue weighted by atomic mass is 9.91. The van der Waals surface area contributed by atoms with Crippen molar-refractivity contribution >= 4 is 0 Å². The summed E-state index contributed by atoms with van der Waals surface area (Å²) >= 11 is 0. The van der Waals surface area contributed by atoms with Crippen LogP contribution in [0.15, 0.2) is 12.1 Å². The molecule has 0 amide bonds. The first-order valence-electron chi connectivity index (χ1n) is 15.1. The smallest absolute Gasteiger partial charge is 0.119 e. The van der Waals surface area contributed by atoms with Crippen LogP contribution < -0.4 is 0 Å². The number of aryl methyl sites for hydroxylation is 1. The summed E-state index contributed by atoms with van der Waals surface area (Å²) in [5.74, 6) is 1.05. The second-order valence-corrected chi connectivity index (χ2v) is 10.8. The summed E-state index contributed by atoms with van der Waals surface area (Å²) in [5, 5.41) is 21.1. The number of phenolic OH excluding ortho intramolecular Hbond substituents is 2. The lowest BCUT2D eigenvalue weighted by Gasteiger charge is -2.16. The molecule has 0 saturated carbocycles. The van der Waals surface area contributed by atoms with E-state index in [0.29, 0.717) is 17.4 Å². The van der Waals surface area contributed by atoms with Crippen molar-refractivity contribution in [3.63, 3.8) is 0 Å². The Bertz CT molecular complexity index is 595. The standard InChI is InChI=1S/C32H58O2/c1-4-6-8-10-12-14-15-16-17-19-21-23-25-29-26-32(34)30(27-31(29)33)28(3)24-22-20-18-13-11-9-7-5-2/h26-28,33-34H,4-25H2,1-3H3. The SMILES string of the molecule is CCCCCCCCCCCCCCc1cc(O)c(C(C)CCCCCCCCCC)cc1O. The quantitative estimate of drug-likeness (QED) is 0.122. The molecule has 0 spiro atoms. The molecule has 0 bridgehead atoms. The number of hydrogen-bond donors (Lipinski definition) is 2. The zero-order valence-electron chi connectivity index (χ0n) is 23.2. The predicted molar refractivity (Wildman–Crippen MR) is 150 cm³/mol. The van der Waals surface area contributed by atoms with Gasteiger partial charge in [-0.3, -0.25) is 0 Å². The largest absolute Gasteiger partial charge is 0.508 e. The van der Waals surface area contributed by atoms with Crippen molar-refractivity contribution in [2.24, 2.45) is 0 Å². The van der Waals surface area contributed by atoms with E-state index in [4.69, 9.17) is 0 Å². The number of benzene rings is 1. The monoisotopic (exact) mass is 474 g/mol. The summed E-state index contributed by atoms with van der Waals surface area (Å²) < 4.78 is 0. The molecule has 0 aromatic heterocycles. The van der Waals surface area contributed by atoms with E-state index in [0.717, 1.165) is 30.4 Å². The highest BCUT2D eigenvalue weighted by Gasteiger charge is 2.14. The molecule has 1 unspecified atom stereocenters. The van der Waals surface area contributed by atoms with E-state index in [9.17, 15) is 10.2 Å². The molecule has 1 rings (SSSR count). The Kier molecular flexibility index (Phi) is 19.2. The third-order valence-corrected chi connectivity index (χ3v) is 7.55. The van der Waals surface area contributed by atoms with Crippen LogP contribution in [0.4, 0.5) is 0 Å². The highest BCUT2D eigenvalue weighted by atomic mass is 16.3. The fourth-order valence-corrected chi connectivity index (χ4v) is 5.13. The maximum absolute atomic E-state index is 10.6. The molecule has 0 aliphatic rings. The average molecular weight is 475 g/mol. The predicted octanol–water partition coefficient (Wildman–Crippen LogP) is 11.0. The van der Waals surface area contributed by atoms with Gasteiger partial charge in [-0.25, -0.2) is 0 Å². The third-order valence-electron chi connectivity index (χ3n) is 7.55. The van der Waals surface area contributed by atoms with Gasteiger partial charge in [-0.15, -0.1) is 0 Å². The van der Waals surface area contributed by atoms with Crippen LogP contribution in [0.3, 0.4) is 0 Å². The van der Waals surface area contributed by atoms with Gasteiger partial charge in [-0.1, -0.05) is 143 Å². The first-order chi connectivity index (χ1) is 16.6. The molecule has 0 fully saturated rings. The molecule has 0 aliphatic carbocycles. The zero-order chi connectivity index (χ0) is 24.9. The van der Waals surface area contributed by atoms with Crippen molar-refractivity contribution in [3.05, 3.63) is 23.3 Å². The minimum atomic E-state index is 0.298. The Balaban J connectivity index is 2.17. The second kappa shape index (κ2) is 21.1. The topological polar surface area (TPSA) is 40.5 Å². The van der Waals surface area contributed by atoms with Gasteiger partial charge in [0.25, 0.3) is 0 Å². The lowest BCUT2D eigenvalue weighted by Crippen LogP contribution is -1.97. The molecule has 0 radical (unpaired) electrons. The Hall–Kier alpha value is -1.18. The molecule has 0 heterocycles. The van der Waals surface area contributed by atoms with Crippen LogP contribution in [-0.4, -0.2) is 10.2 Å². The minimum Gasteiger partial charge on any atom is -0.508 e. The first-order valence-corrected chi connectivity index (χ1v) is 15.1. The van der Waals surface area contributed by atoms with Crippen LogP contribution in [0, 0.1) is 0 Å². The fourth-order valence-electron chi connectivity index (χ4n) is 5.13. The number of rotatable bonds is 23. The van der Waals surface area contributed by atoms with E-state index in [-0.39, 0.29) is 0 Å². The van der Waals surface area contributed by atoms with Gasteiger partial charge in [0, 0.05) is 5.56 Å². The molecule has 2 heteroatoms. The summed E-state index contributed by atoms with van der Waals surface area (Å²) in [5.41, 5.74) is 1.83. The van der Waals surface area contributed by atoms with Crippen LogP contribution in [0.5, 0.6) is 11.5 Å². The molecule has 1 atom stereocenters. The van der Waals surface area contributed by atoms with Crippen molar-refractivity contribution in [3.8, 4) is 11.5 Å². The molecular weight excluding hydrogens is 416 g/mol. The van der Waals surface area contributed by atoms with Crippen molar-refractivity contribution in [2.75, 3.05) is 0 Å². The highest BCUT2D eigenvalue weighted by molar-refractivity contribution is 5.46. The molecule has 0 saturated heterocycles. The normalized spacial score (nSPS) is 12.3. The zero-order valence-corrected chi connectivity index (χ0v) is 23.2. The Labute approximate surface area is 213 Å². The molecule has 198 valence electrons. The number of unbranched alkanes of at least 4 members (excludes halogenated alkanes) is 18. The maximum Gasteiger partial charge on any atom is 0.119 e. The summed E-state index contributed by atoms with van der Waals surface area (Å²) in [6.07, 6.45) is 28.6. The molecule has 2 N–H and O–H groups in total. The van der Waals surface area contributed by atoms with Gasteiger partial charge < -0.3 is 10.2 Å². The van der Waals surface area contributed by atoms with Gasteiger partial charge in [0.2, 0.25) is 0 Å². The third kappa shape index (κ3) is 14.9. The lowest BCUT2D eigenvalue weighted by molar-refractivity contribution is 0.439. The van der Waals surface area contributed by atoms with Crippen LogP contribution in [-0.2, 0) is 6.42 Å². The maximum atomic E-state index is 10.6. The summed E-state index contributed by atoms with van der Waals surface area (Å²) in [4.78, 5) is 0. The molecule has 1 aromatic rings. The van der Waals surface area contributed by atoms with Crippen molar-refractivity contribution < 1.29 is 10.2 Å². The summed E-state index contributed by atoms with van der Waals surface area (Å²) in [7, 11) is 0. The van der Waals surface area contributed by atoms with Gasteiger partial charge >= 0.3 is 0 Å². The van der Waals surface area contributed by atoms with E-state index >= 15 is 0 Å². The molecule has 34 heavy (non-hydrogen) atoms. The van der Waals surface area contributed by atoms with Crippen LogP contribution in [0.1, 0.15) is 173 Å². The highest BCUT2D eigenvalue weighted by Crippen LogP contribution is 2.35. The second-order valence-electron chi connectivity index (χ2n) is 10.8. The van der Waals surface area contributed by atoms with E-state index in [1.165, 1.54) is 122 Å². The van der Waals surface area contributed by atoms with E-state index in [1.807, 2.05) is 12.1 Å². The minimum absolute atomic E-state index is 0.298. The number of hydrogen-bond acceptors (Lipinski definition) is 2. The van der Waals surface area contributed by atoms with Gasteiger partial charge in [-0.2, -0.15) is 0 Å². The molecule has 2 nitrogen and oxygen atoms in total. The molecule has 0 aliphatic heterocycles. The summed E-state index contributed by atoms with van der Waals surface area (Å²) in [6, 6.07) is 3.66. The van der Waals surface area contributed by atoms with Crippen molar-refractivity contribution in [1.29, 1.82) is 0 Å². The van der Waals surface area contributed by atoms with Crippen molar-refractivity contribution in [1.82, 2.24) is 0 Å². The number of aromatic hydroxyl groups is 2. The fraction of sp³-hybridized carbons (Fsp3) is 0.812. The molecule has 1 aromatic carbocycles. The van der Waals surface area contributed by atoms with E-state index in [1.54, 1.807) is 0 Å². The molecular formula is C32H58O2. The van der Waals surface area contributed by atoms with Crippen LogP contribution in [0.25, 0.3) is 0 Å². The Morgan fingerprint density at radius 1 is 0.529 bits per heavy atom. The van der Waals surface area contributed by atoms with Gasteiger partial charge in [-0.05, 0) is 42.9 Å².